The van der Waals surface area contributed by atoms with Gasteiger partial charge in [0.1, 0.15) is 12.2 Å². The third kappa shape index (κ3) is 5.62. The summed E-state index contributed by atoms with van der Waals surface area (Å²) in [7, 11) is -4.00. The lowest BCUT2D eigenvalue weighted by Crippen LogP contribution is -2.45. The van der Waals surface area contributed by atoms with E-state index in [1.54, 1.807) is 0 Å². The van der Waals surface area contributed by atoms with Crippen LogP contribution in [0, 0.1) is 0 Å². The molecule has 0 N–H and O–H groups in total. The van der Waals surface area contributed by atoms with Crippen LogP contribution in [0.25, 0.3) is 0 Å². The summed E-state index contributed by atoms with van der Waals surface area (Å²) in [6, 6.07) is 19.2. The fraction of sp³-hybridized carbons (Fsp3) is 0.333. The molecule has 0 radical (unpaired) electrons. The Morgan fingerprint density at radius 2 is 1.52 bits per heavy atom. The third-order valence-corrected chi connectivity index (χ3v) is 4.64. The summed E-state index contributed by atoms with van der Waals surface area (Å²) in [5.74, 6) is 0. The monoisotopic (exact) mass is 364 g/mol. The van der Waals surface area contributed by atoms with Crippen molar-refractivity contribution >= 4 is 10.4 Å². The van der Waals surface area contributed by atoms with Crippen molar-refractivity contribution in [3.05, 3.63) is 71.8 Å². The Morgan fingerprint density at radius 3 is 2.16 bits per heavy atom. The predicted molar refractivity (Wildman–Crippen MR) is 90.9 cm³/mol. The number of ether oxygens (including phenoxy) is 2. The Bertz CT molecular complexity index is 748. The van der Waals surface area contributed by atoms with Gasteiger partial charge in [0, 0.05) is 0 Å². The molecular weight excluding hydrogens is 344 g/mol. The first-order valence-electron chi connectivity index (χ1n) is 7.97. The van der Waals surface area contributed by atoms with Crippen LogP contribution in [-0.2, 0) is 41.5 Å². The predicted octanol–water partition coefficient (Wildman–Crippen LogP) is 2.45. The van der Waals surface area contributed by atoms with Gasteiger partial charge in [0.2, 0.25) is 0 Å². The summed E-state index contributed by atoms with van der Waals surface area (Å²) in [6.07, 6.45) is -1.27. The minimum Gasteiger partial charge on any atom is -0.374 e. The molecule has 0 aromatic heterocycles. The maximum Gasteiger partial charge on any atom is 0.400 e. The second-order valence-electron chi connectivity index (χ2n) is 5.66. The zero-order valence-electron chi connectivity index (χ0n) is 13.6. The van der Waals surface area contributed by atoms with E-state index in [4.69, 9.17) is 17.8 Å². The molecule has 0 amide bonds. The average Bonchev–Trinajstić information content (AvgIpc) is 2.62. The van der Waals surface area contributed by atoms with Gasteiger partial charge in [-0.25, -0.2) is 8.37 Å². The van der Waals surface area contributed by atoms with E-state index >= 15 is 0 Å². The Balaban J connectivity index is 1.56. The Labute approximate surface area is 147 Å². The van der Waals surface area contributed by atoms with Gasteiger partial charge in [-0.1, -0.05) is 60.7 Å². The largest absolute Gasteiger partial charge is 0.400 e. The van der Waals surface area contributed by atoms with Crippen LogP contribution in [0.4, 0.5) is 0 Å². The van der Waals surface area contributed by atoms with Crippen LogP contribution in [0.3, 0.4) is 0 Å². The Morgan fingerprint density at radius 1 is 0.920 bits per heavy atom. The molecule has 2 atom stereocenters. The highest BCUT2D eigenvalue weighted by Crippen LogP contribution is 2.19. The highest BCUT2D eigenvalue weighted by molar-refractivity contribution is 7.81. The van der Waals surface area contributed by atoms with Crippen molar-refractivity contribution in [1.82, 2.24) is 0 Å². The molecule has 1 saturated heterocycles. The molecule has 0 aliphatic carbocycles. The van der Waals surface area contributed by atoms with Crippen molar-refractivity contribution in [2.45, 2.75) is 25.4 Å². The third-order valence-electron chi connectivity index (χ3n) is 3.73. The van der Waals surface area contributed by atoms with Gasteiger partial charge in [0.25, 0.3) is 0 Å². The van der Waals surface area contributed by atoms with Crippen LogP contribution in [0.5, 0.6) is 0 Å². The van der Waals surface area contributed by atoms with Gasteiger partial charge in [-0.2, -0.15) is 8.42 Å². The highest BCUT2D eigenvalue weighted by Gasteiger charge is 2.36. The van der Waals surface area contributed by atoms with Crippen molar-refractivity contribution in [2.75, 3.05) is 13.2 Å². The minimum atomic E-state index is -4.00. The zero-order chi connectivity index (χ0) is 17.5. The van der Waals surface area contributed by atoms with Crippen LogP contribution in [-0.4, -0.2) is 33.8 Å². The molecule has 2 aromatic rings. The molecule has 0 bridgehead atoms. The molecule has 6 nitrogen and oxygen atoms in total. The lowest BCUT2D eigenvalue weighted by Gasteiger charge is -2.30. The number of hydrogen-bond donors (Lipinski definition) is 0. The smallest absolute Gasteiger partial charge is 0.374 e. The van der Waals surface area contributed by atoms with E-state index in [1.165, 1.54) is 0 Å². The number of rotatable bonds is 7. The lowest BCUT2D eigenvalue weighted by molar-refractivity contribution is -0.107. The summed E-state index contributed by atoms with van der Waals surface area (Å²) in [5.41, 5.74) is 1.99. The first-order chi connectivity index (χ1) is 12.1. The SMILES string of the molecule is O=S1(=O)OC[C@@H](OCc2ccccc2)C(COCc2ccccc2)O1. The molecule has 1 unspecified atom stereocenters. The van der Waals surface area contributed by atoms with Crippen molar-refractivity contribution < 1.29 is 26.3 Å². The van der Waals surface area contributed by atoms with Gasteiger partial charge in [-0.05, 0) is 11.1 Å². The van der Waals surface area contributed by atoms with Gasteiger partial charge in [-0.3, -0.25) is 0 Å². The Hall–Kier alpha value is -1.77. The highest BCUT2D eigenvalue weighted by atomic mass is 32.3. The molecule has 1 aliphatic heterocycles. The number of hydrogen-bond acceptors (Lipinski definition) is 6. The van der Waals surface area contributed by atoms with E-state index < -0.39 is 22.6 Å². The van der Waals surface area contributed by atoms with Crippen molar-refractivity contribution in [3.8, 4) is 0 Å². The molecule has 1 aliphatic rings. The molecular formula is C18H20O6S. The van der Waals surface area contributed by atoms with Crippen molar-refractivity contribution in [1.29, 1.82) is 0 Å². The van der Waals surface area contributed by atoms with Crippen LogP contribution in [0.2, 0.25) is 0 Å². The molecule has 134 valence electrons. The van der Waals surface area contributed by atoms with Crippen LogP contribution in [0.1, 0.15) is 11.1 Å². The van der Waals surface area contributed by atoms with Gasteiger partial charge < -0.3 is 9.47 Å². The summed E-state index contributed by atoms with van der Waals surface area (Å²) >= 11 is 0. The maximum atomic E-state index is 11.6. The van der Waals surface area contributed by atoms with Gasteiger partial charge >= 0.3 is 10.4 Å². The molecule has 3 rings (SSSR count). The summed E-state index contributed by atoms with van der Waals surface area (Å²) in [5, 5.41) is 0. The average molecular weight is 364 g/mol. The van der Waals surface area contributed by atoms with E-state index in [0.29, 0.717) is 13.2 Å². The van der Waals surface area contributed by atoms with Crippen molar-refractivity contribution in [3.63, 3.8) is 0 Å². The molecule has 0 saturated carbocycles. The summed E-state index contributed by atoms with van der Waals surface area (Å²) in [6.45, 7) is 0.714. The molecule has 7 heteroatoms. The molecule has 25 heavy (non-hydrogen) atoms. The van der Waals surface area contributed by atoms with E-state index in [-0.39, 0.29) is 13.2 Å². The van der Waals surface area contributed by atoms with E-state index in [2.05, 4.69) is 0 Å². The van der Waals surface area contributed by atoms with E-state index in [1.807, 2.05) is 60.7 Å². The lowest BCUT2D eigenvalue weighted by atomic mass is 10.2. The first-order valence-corrected chi connectivity index (χ1v) is 9.30. The zero-order valence-corrected chi connectivity index (χ0v) is 14.4. The molecule has 1 fully saturated rings. The minimum absolute atomic E-state index is 0.0888. The number of benzene rings is 2. The fourth-order valence-electron chi connectivity index (χ4n) is 2.43. The van der Waals surface area contributed by atoms with Gasteiger partial charge in [0.05, 0.1) is 26.4 Å². The van der Waals surface area contributed by atoms with Gasteiger partial charge in [-0.15, -0.1) is 0 Å². The summed E-state index contributed by atoms with van der Waals surface area (Å²) < 4.78 is 44.3. The normalized spacial score (nSPS) is 22.6. The maximum absolute atomic E-state index is 11.6. The Kier molecular flexibility index (Phi) is 6.17. The van der Waals surface area contributed by atoms with E-state index in [9.17, 15) is 8.42 Å². The standard InChI is InChI=1S/C18H20O6S/c19-25(20)23-14-17(22-12-16-9-5-2-6-10-16)18(24-25)13-21-11-15-7-3-1-4-8-15/h1-10,17-18H,11-14H2/t17-,18?/m1/s1. The van der Waals surface area contributed by atoms with Gasteiger partial charge in [0.15, 0.2) is 0 Å². The second kappa shape index (κ2) is 8.55. The van der Waals surface area contributed by atoms with Crippen LogP contribution >= 0.6 is 0 Å². The quantitative estimate of drug-likeness (QED) is 0.752. The second-order valence-corrected chi connectivity index (χ2v) is 6.91. The van der Waals surface area contributed by atoms with Crippen LogP contribution in [0.15, 0.2) is 60.7 Å². The van der Waals surface area contributed by atoms with Crippen molar-refractivity contribution in [2.24, 2.45) is 0 Å². The molecule has 0 spiro atoms. The van der Waals surface area contributed by atoms with E-state index in [0.717, 1.165) is 11.1 Å². The van der Waals surface area contributed by atoms with Crippen LogP contribution < -0.4 is 0 Å². The molecule has 1 heterocycles. The topological polar surface area (TPSA) is 71.1 Å². The molecule has 2 aromatic carbocycles. The summed E-state index contributed by atoms with van der Waals surface area (Å²) in [4.78, 5) is 0. The first kappa shape index (κ1) is 18.0. The fourth-order valence-corrected chi connectivity index (χ4v) is 3.27.